The molecule has 0 unspecified atom stereocenters. The summed E-state index contributed by atoms with van der Waals surface area (Å²) in [6.07, 6.45) is 0.397. The number of nitrogens with zero attached hydrogens (tertiary/aromatic N) is 1. The number of carbonyl (C=O) groups excluding carboxylic acids is 1. The van der Waals surface area contributed by atoms with E-state index in [1.54, 1.807) is 4.90 Å². The summed E-state index contributed by atoms with van der Waals surface area (Å²) in [4.78, 5) is 13.2. The highest BCUT2D eigenvalue weighted by molar-refractivity contribution is 6.18. The molecule has 1 rings (SSSR count). The van der Waals surface area contributed by atoms with Gasteiger partial charge >= 0.3 is 0 Å². The van der Waals surface area contributed by atoms with Gasteiger partial charge in [0.1, 0.15) is 6.73 Å². The first-order valence-electron chi connectivity index (χ1n) is 4.02. The number of alkyl halides is 1. The predicted molar refractivity (Wildman–Crippen MR) is 47.1 cm³/mol. The second-order valence-corrected chi connectivity index (χ2v) is 3.93. The molecule has 0 spiro atoms. The van der Waals surface area contributed by atoms with Crippen LogP contribution < -0.4 is 0 Å². The molecule has 3 nitrogen and oxygen atoms in total. The predicted octanol–water partition coefficient (Wildman–Crippen LogP) is 1.21. The van der Waals surface area contributed by atoms with Crippen LogP contribution in [0, 0.1) is 0 Å². The van der Waals surface area contributed by atoms with Crippen molar-refractivity contribution in [3.05, 3.63) is 0 Å². The Labute approximate surface area is 77.6 Å². The van der Waals surface area contributed by atoms with Gasteiger partial charge in [-0.1, -0.05) is 0 Å². The van der Waals surface area contributed by atoms with Gasteiger partial charge in [0, 0.05) is 12.3 Å². The first kappa shape index (κ1) is 9.81. The Morgan fingerprint density at radius 1 is 1.67 bits per heavy atom. The lowest BCUT2D eigenvalue weighted by Gasteiger charge is -2.28. The normalized spacial score (nSPS) is 21.4. The largest absolute Gasteiger partial charge is 0.359 e. The number of hydrogen-bond acceptors (Lipinski definition) is 2. The molecule has 0 aromatic rings. The highest BCUT2D eigenvalue weighted by Gasteiger charge is 2.35. The summed E-state index contributed by atoms with van der Waals surface area (Å²) in [6.45, 7) is 5.00. The van der Waals surface area contributed by atoms with Gasteiger partial charge in [-0.2, -0.15) is 0 Å². The first-order chi connectivity index (χ1) is 5.58. The van der Waals surface area contributed by atoms with Crippen LogP contribution in [0.3, 0.4) is 0 Å². The van der Waals surface area contributed by atoms with Gasteiger partial charge in [-0.25, -0.2) is 0 Å². The van der Waals surface area contributed by atoms with Gasteiger partial charge in [0.15, 0.2) is 0 Å². The standard InChI is InChI=1S/C8H14ClNO2/c1-8(2)5-12-6-10(8)7(11)3-4-9/h3-6H2,1-2H3. The summed E-state index contributed by atoms with van der Waals surface area (Å²) >= 11 is 5.48. The minimum atomic E-state index is -0.164. The summed E-state index contributed by atoms with van der Waals surface area (Å²) < 4.78 is 5.20. The maximum absolute atomic E-state index is 11.4. The van der Waals surface area contributed by atoms with Crippen molar-refractivity contribution in [3.8, 4) is 0 Å². The van der Waals surface area contributed by atoms with Crippen molar-refractivity contribution in [3.63, 3.8) is 0 Å². The molecule has 1 amide bonds. The van der Waals surface area contributed by atoms with Crippen molar-refractivity contribution >= 4 is 17.5 Å². The van der Waals surface area contributed by atoms with Crippen LogP contribution in [0.5, 0.6) is 0 Å². The van der Waals surface area contributed by atoms with Crippen molar-refractivity contribution < 1.29 is 9.53 Å². The summed E-state index contributed by atoms with van der Waals surface area (Å²) in [7, 11) is 0. The average molecular weight is 192 g/mol. The van der Waals surface area contributed by atoms with E-state index in [2.05, 4.69) is 0 Å². The van der Waals surface area contributed by atoms with Crippen molar-refractivity contribution in [2.24, 2.45) is 0 Å². The molecule has 0 aromatic heterocycles. The third-order valence-electron chi connectivity index (χ3n) is 2.02. The zero-order valence-electron chi connectivity index (χ0n) is 7.47. The zero-order chi connectivity index (χ0) is 9.19. The van der Waals surface area contributed by atoms with E-state index in [0.717, 1.165) is 0 Å². The number of rotatable bonds is 2. The molecular weight excluding hydrogens is 178 g/mol. The lowest BCUT2D eigenvalue weighted by Crippen LogP contribution is -2.44. The van der Waals surface area contributed by atoms with Gasteiger partial charge in [-0.15, -0.1) is 11.6 Å². The molecule has 0 radical (unpaired) electrons. The van der Waals surface area contributed by atoms with E-state index in [1.165, 1.54) is 0 Å². The molecule has 0 aliphatic carbocycles. The lowest BCUT2D eigenvalue weighted by atomic mass is 10.1. The van der Waals surface area contributed by atoms with Crippen molar-refractivity contribution in [1.29, 1.82) is 0 Å². The Morgan fingerprint density at radius 3 is 2.75 bits per heavy atom. The van der Waals surface area contributed by atoms with Crippen LogP contribution in [0.1, 0.15) is 20.3 Å². The quantitative estimate of drug-likeness (QED) is 0.615. The molecule has 0 bridgehead atoms. The molecule has 12 heavy (non-hydrogen) atoms. The highest BCUT2D eigenvalue weighted by Crippen LogP contribution is 2.22. The van der Waals surface area contributed by atoms with Gasteiger partial charge in [-0.05, 0) is 13.8 Å². The summed E-state index contributed by atoms with van der Waals surface area (Å²) in [5.74, 6) is 0.457. The molecule has 1 heterocycles. The molecule has 4 heteroatoms. The summed E-state index contributed by atoms with van der Waals surface area (Å²) in [6, 6.07) is 0. The first-order valence-corrected chi connectivity index (χ1v) is 4.55. The maximum Gasteiger partial charge on any atom is 0.226 e. The lowest BCUT2D eigenvalue weighted by molar-refractivity contribution is -0.134. The van der Waals surface area contributed by atoms with E-state index in [0.29, 0.717) is 25.6 Å². The number of ether oxygens (including phenoxy) is 1. The Kier molecular flexibility index (Phi) is 2.96. The van der Waals surface area contributed by atoms with E-state index < -0.39 is 0 Å². The molecule has 0 N–H and O–H groups in total. The van der Waals surface area contributed by atoms with Crippen LogP contribution in [0.25, 0.3) is 0 Å². The number of halogens is 1. The van der Waals surface area contributed by atoms with Crippen molar-refractivity contribution in [2.45, 2.75) is 25.8 Å². The van der Waals surface area contributed by atoms with Crippen LogP contribution in [-0.2, 0) is 9.53 Å². The SMILES string of the molecule is CC1(C)COCN1C(=O)CCCl. The van der Waals surface area contributed by atoms with Crippen molar-refractivity contribution in [1.82, 2.24) is 4.90 Å². The molecule has 70 valence electrons. The van der Waals surface area contributed by atoms with E-state index in [1.807, 2.05) is 13.8 Å². The minimum absolute atomic E-state index is 0.0764. The van der Waals surface area contributed by atoms with E-state index in [-0.39, 0.29) is 11.4 Å². The molecule has 1 fully saturated rings. The number of hydrogen-bond donors (Lipinski definition) is 0. The summed E-state index contributed by atoms with van der Waals surface area (Å²) in [5, 5.41) is 0. The Morgan fingerprint density at radius 2 is 2.33 bits per heavy atom. The molecule has 1 aliphatic rings. The molecule has 0 atom stereocenters. The van der Waals surface area contributed by atoms with Gasteiger partial charge in [0.2, 0.25) is 5.91 Å². The average Bonchev–Trinajstić information content (AvgIpc) is 2.30. The second-order valence-electron chi connectivity index (χ2n) is 3.55. The maximum atomic E-state index is 11.4. The Balaban J connectivity index is 2.56. The van der Waals surface area contributed by atoms with E-state index >= 15 is 0 Å². The third kappa shape index (κ3) is 1.90. The molecule has 0 saturated carbocycles. The zero-order valence-corrected chi connectivity index (χ0v) is 8.23. The Hall–Kier alpha value is -0.280. The fraction of sp³-hybridized carbons (Fsp3) is 0.875. The molecule has 0 aromatic carbocycles. The van der Waals surface area contributed by atoms with Crippen LogP contribution in [0.2, 0.25) is 0 Å². The Bertz CT molecular complexity index is 182. The molecule has 1 saturated heterocycles. The van der Waals surface area contributed by atoms with Gasteiger partial charge in [-0.3, -0.25) is 4.79 Å². The van der Waals surface area contributed by atoms with Crippen LogP contribution in [-0.4, -0.2) is 35.6 Å². The minimum Gasteiger partial charge on any atom is -0.359 e. The van der Waals surface area contributed by atoms with Gasteiger partial charge in [0.25, 0.3) is 0 Å². The van der Waals surface area contributed by atoms with Crippen LogP contribution in [0.15, 0.2) is 0 Å². The van der Waals surface area contributed by atoms with Crippen LogP contribution in [0.4, 0.5) is 0 Å². The van der Waals surface area contributed by atoms with E-state index in [9.17, 15) is 4.79 Å². The molecular formula is C8H14ClNO2. The highest BCUT2D eigenvalue weighted by atomic mass is 35.5. The monoisotopic (exact) mass is 191 g/mol. The van der Waals surface area contributed by atoms with Crippen LogP contribution >= 0.6 is 11.6 Å². The van der Waals surface area contributed by atoms with Gasteiger partial charge in [0.05, 0.1) is 12.1 Å². The number of amides is 1. The fourth-order valence-corrected chi connectivity index (χ4v) is 1.43. The smallest absolute Gasteiger partial charge is 0.226 e. The summed E-state index contributed by atoms with van der Waals surface area (Å²) in [5.41, 5.74) is -0.164. The third-order valence-corrected chi connectivity index (χ3v) is 2.20. The second kappa shape index (κ2) is 3.62. The number of carbonyl (C=O) groups is 1. The van der Waals surface area contributed by atoms with E-state index in [4.69, 9.17) is 16.3 Å². The van der Waals surface area contributed by atoms with Crippen molar-refractivity contribution in [2.75, 3.05) is 19.2 Å². The topological polar surface area (TPSA) is 29.5 Å². The van der Waals surface area contributed by atoms with Gasteiger partial charge < -0.3 is 9.64 Å². The molecule has 1 aliphatic heterocycles. The fourth-order valence-electron chi connectivity index (χ4n) is 1.26.